The summed E-state index contributed by atoms with van der Waals surface area (Å²) in [5, 5.41) is 5.69. The number of benzene rings is 2. The molecule has 0 saturated heterocycles. The molecule has 0 unspecified atom stereocenters. The van der Waals surface area contributed by atoms with Gasteiger partial charge in [0.15, 0.2) is 5.11 Å². The minimum absolute atomic E-state index is 0.148. The normalized spacial score (nSPS) is 10.4. The summed E-state index contributed by atoms with van der Waals surface area (Å²) in [4.78, 5) is 24.1. The highest BCUT2D eigenvalue weighted by Gasteiger charge is 2.12. The van der Waals surface area contributed by atoms with Gasteiger partial charge in [0.1, 0.15) is 5.75 Å². The zero-order valence-electron chi connectivity index (χ0n) is 16.5. The van der Waals surface area contributed by atoms with Gasteiger partial charge in [-0.05, 0) is 83.5 Å². The minimum atomic E-state index is -0.388. The number of ether oxygens (including phenoxy) is 2. The van der Waals surface area contributed by atoms with E-state index in [9.17, 15) is 9.59 Å². The van der Waals surface area contributed by atoms with Gasteiger partial charge >= 0.3 is 5.97 Å². The maximum atomic E-state index is 12.4. The average molecular weight is 479 g/mol. The van der Waals surface area contributed by atoms with Crippen molar-refractivity contribution in [1.82, 2.24) is 5.32 Å². The standard InChI is InChI=1S/C21H23BrN2O4S/c1-4-27-20(26)14-5-8-16(9-6-14)23-21(29)24-19(25)15-7-10-18(17(22)11-15)28-12-13(2)3/h5-11,13H,4,12H2,1-3H3,(H2,23,24,25,29). The van der Waals surface area contributed by atoms with Crippen LogP contribution in [0.1, 0.15) is 41.5 Å². The Balaban J connectivity index is 1.94. The lowest BCUT2D eigenvalue weighted by atomic mass is 10.2. The third kappa shape index (κ3) is 7.14. The smallest absolute Gasteiger partial charge is 0.338 e. The van der Waals surface area contributed by atoms with E-state index < -0.39 is 0 Å². The molecular weight excluding hydrogens is 456 g/mol. The maximum absolute atomic E-state index is 12.4. The van der Waals surface area contributed by atoms with Crippen LogP contribution < -0.4 is 15.4 Å². The van der Waals surface area contributed by atoms with Crippen molar-refractivity contribution in [2.24, 2.45) is 5.92 Å². The van der Waals surface area contributed by atoms with E-state index in [0.29, 0.717) is 46.2 Å². The van der Waals surface area contributed by atoms with Crippen molar-refractivity contribution in [1.29, 1.82) is 0 Å². The van der Waals surface area contributed by atoms with E-state index in [1.54, 1.807) is 49.4 Å². The molecule has 2 aromatic carbocycles. The molecule has 29 heavy (non-hydrogen) atoms. The highest BCUT2D eigenvalue weighted by molar-refractivity contribution is 9.10. The number of amides is 1. The fourth-order valence-electron chi connectivity index (χ4n) is 2.26. The number of halogens is 1. The van der Waals surface area contributed by atoms with Gasteiger partial charge in [-0.3, -0.25) is 10.1 Å². The first kappa shape index (κ1) is 22.8. The number of carbonyl (C=O) groups is 2. The molecule has 154 valence electrons. The molecule has 2 N–H and O–H groups in total. The van der Waals surface area contributed by atoms with Crippen molar-refractivity contribution in [2.45, 2.75) is 20.8 Å². The van der Waals surface area contributed by atoms with E-state index in [4.69, 9.17) is 21.7 Å². The Morgan fingerprint density at radius 1 is 1.10 bits per heavy atom. The summed E-state index contributed by atoms with van der Waals surface area (Å²) in [5.74, 6) is 0.348. The zero-order valence-corrected chi connectivity index (χ0v) is 18.9. The number of hydrogen-bond donors (Lipinski definition) is 2. The molecule has 8 heteroatoms. The second kappa shape index (κ2) is 10.9. The highest BCUT2D eigenvalue weighted by atomic mass is 79.9. The number of anilines is 1. The van der Waals surface area contributed by atoms with Crippen LogP contribution in [0.5, 0.6) is 5.75 Å². The van der Waals surface area contributed by atoms with Gasteiger partial charge in [-0.1, -0.05) is 13.8 Å². The van der Waals surface area contributed by atoms with E-state index in [-0.39, 0.29) is 17.0 Å². The first-order chi connectivity index (χ1) is 13.8. The predicted molar refractivity (Wildman–Crippen MR) is 121 cm³/mol. The van der Waals surface area contributed by atoms with Crippen molar-refractivity contribution in [3.05, 3.63) is 58.1 Å². The molecule has 0 radical (unpaired) electrons. The van der Waals surface area contributed by atoms with Crippen LogP contribution >= 0.6 is 28.1 Å². The quantitative estimate of drug-likeness (QED) is 0.440. The number of esters is 1. The molecule has 6 nitrogen and oxygen atoms in total. The van der Waals surface area contributed by atoms with E-state index in [0.717, 1.165) is 0 Å². The Kier molecular flexibility index (Phi) is 8.60. The van der Waals surface area contributed by atoms with Crippen molar-refractivity contribution >= 4 is 50.8 Å². The number of thiocarbonyl (C=S) groups is 1. The minimum Gasteiger partial charge on any atom is -0.492 e. The van der Waals surface area contributed by atoms with Crippen LogP contribution in [0.15, 0.2) is 46.9 Å². The molecule has 1 amide bonds. The molecule has 0 aromatic heterocycles. The van der Waals surface area contributed by atoms with Gasteiger partial charge in [0.25, 0.3) is 5.91 Å². The Bertz CT molecular complexity index is 885. The summed E-state index contributed by atoms with van der Waals surface area (Å²) in [6.07, 6.45) is 0. The molecule has 2 rings (SSSR count). The lowest BCUT2D eigenvalue weighted by Gasteiger charge is -2.12. The Labute approximate surface area is 184 Å². The van der Waals surface area contributed by atoms with E-state index in [1.165, 1.54) is 0 Å². The van der Waals surface area contributed by atoms with Gasteiger partial charge in [-0.25, -0.2) is 4.79 Å². The van der Waals surface area contributed by atoms with Crippen molar-refractivity contribution in [2.75, 3.05) is 18.5 Å². The van der Waals surface area contributed by atoms with Crippen LogP contribution in [0, 0.1) is 5.92 Å². The topological polar surface area (TPSA) is 76.7 Å². The predicted octanol–water partition coefficient (Wildman–Crippen LogP) is 4.79. The summed E-state index contributed by atoms with van der Waals surface area (Å²) in [5.41, 5.74) is 1.52. The number of rotatable bonds is 7. The molecule has 0 heterocycles. The fourth-order valence-corrected chi connectivity index (χ4v) is 2.96. The Morgan fingerprint density at radius 2 is 1.76 bits per heavy atom. The number of hydrogen-bond acceptors (Lipinski definition) is 5. The molecule has 0 atom stereocenters. The summed E-state index contributed by atoms with van der Waals surface area (Å²) in [7, 11) is 0. The summed E-state index contributed by atoms with van der Waals surface area (Å²) in [6, 6.07) is 11.7. The summed E-state index contributed by atoms with van der Waals surface area (Å²) >= 11 is 8.62. The SMILES string of the molecule is CCOC(=O)c1ccc(NC(=S)NC(=O)c2ccc(OCC(C)C)c(Br)c2)cc1. The van der Waals surface area contributed by atoms with E-state index in [2.05, 4.69) is 40.4 Å². The summed E-state index contributed by atoms with van der Waals surface area (Å²) < 4.78 is 11.3. The third-order valence-electron chi connectivity index (χ3n) is 3.65. The lowest BCUT2D eigenvalue weighted by molar-refractivity contribution is 0.0526. The van der Waals surface area contributed by atoms with Crippen LogP contribution in [0.2, 0.25) is 0 Å². The third-order valence-corrected chi connectivity index (χ3v) is 4.47. The first-order valence-electron chi connectivity index (χ1n) is 9.12. The van der Waals surface area contributed by atoms with E-state index in [1.807, 2.05) is 0 Å². The van der Waals surface area contributed by atoms with Gasteiger partial charge in [-0.2, -0.15) is 0 Å². The van der Waals surface area contributed by atoms with Crippen molar-refractivity contribution < 1.29 is 19.1 Å². The van der Waals surface area contributed by atoms with Gasteiger partial charge in [0.05, 0.1) is 23.2 Å². The van der Waals surface area contributed by atoms with Crippen molar-refractivity contribution in [3.63, 3.8) is 0 Å². The van der Waals surface area contributed by atoms with Gasteiger partial charge in [-0.15, -0.1) is 0 Å². The molecule has 2 aromatic rings. The van der Waals surface area contributed by atoms with Gasteiger partial charge < -0.3 is 14.8 Å². The largest absolute Gasteiger partial charge is 0.492 e. The van der Waals surface area contributed by atoms with E-state index >= 15 is 0 Å². The lowest BCUT2D eigenvalue weighted by Crippen LogP contribution is -2.34. The fraction of sp³-hybridized carbons (Fsp3) is 0.286. The van der Waals surface area contributed by atoms with Crippen LogP contribution in [0.25, 0.3) is 0 Å². The Hall–Kier alpha value is -2.45. The summed E-state index contributed by atoms with van der Waals surface area (Å²) in [6.45, 7) is 6.78. The van der Waals surface area contributed by atoms with Crippen LogP contribution in [-0.2, 0) is 4.74 Å². The first-order valence-corrected chi connectivity index (χ1v) is 10.3. The monoisotopic (exact) mass is 478 g/mol. The van der Waals surface area contributed by atoms with Gasteiger partial charge in [0, 0.05) is 11.3 Å². The molecule has 0 aliphatic heterocycles. The number of carbonyl (C=O) groups excluding carboxylic acids is 2. The molecular formula is C21H23BrN2O4S. The molecule has 0 aliphatic carbocycles. The van der Waals surface area contributed by atoms with Crippen molar-refractivity contribution in [3.8, 4) is 5.75 Å². The molecule has 0 saturated carbocycles. The van der Waals surface area contributed by atoms with Gasteiger partial charge in [0.2, 0.25) is 0 Å². The maximum Gasteiger partial charge on any atom is 0.338 e. The zero-order chi connectivity index (χ0) is 21.4. The molecule has 0 bridgehead atoms. The van der Waals surface area contributed by atoms with Crippen LogP contribution in [-0.4, -0.2) is 30.2 Å². The van der Waals surface area contributed by atoms with Crippen LogP contribution in [0.4, 0.5) is 5.69 Å². The highest BCUT2D eigenvalue weighted by Crippen LogP contribution is 2.26. The molecule has 0 fully saturated rings. The second-order valence-corrected chi connectivity index (χ2v) is 7.82. The molecule has 0 aliphatic rings. The molecule has 0 spiro atoms. The average Bonchev–Trinajstić information content (AvgIpc) is 2.67. The Morgan fingerprint density at radius 3 is 2.34 bits per heavy atom. The second-order valence-electron chi connectivity index (χ2n) is 6.56. The van der Waals surface area contributed by atoms with Crippen LogP contribution in [0.3, 0.4) is 0 Å². The number of nitrogens with one attached hydrogen (secondary N) is 2.